The summed E-state index contributed by atoms with van der Waals surface area (Å²) in [5.74, 6) is -0.215. The lowest BCUT2D eigenvalue weighted by molar-refractivity contribution is -0.136. The summed E-state index contributed by atoms with van der Waals surface area (Å²) >= 11 is 1.38. The zero-order valence-corrected chi connectivity index (χ0v) is 14.8. The van der Waals surface area contributed by atoms with Gasteiger partial charge in [0.15, 0.2) is 5.82 Å². The first-order valence-corrected chi connectivity index (χ1v) is 9.05. The van der Waals surface area contributed by atoms with E-state index >= 15 is 0 Å². The maximum atomic E-state index is 11.3. The van der Waals surface area contributed by atoms with Gasteiger partial charge < -0.3 is 5.11 Å². The van der Waals surface area contributed by atoms with E-state index in [4.69, 9.17) is 5.10 Å². The fraction of sp³-hybridized carbons (Fsp3) is 0.158. The van der Waals surface area contributed by atoms with Crippen LogP contribution >= 0.6 is 11.8 Å². The Balaban J connectivity index is 1.82. The van der Waals surface area contributed by atoms with Crippen LogP contribution in [-0.4, -0.2) is 36.9 Å². The Labute approximate surface area is 154 Å². The molecule has 1 unspecified atom stereocenters. The van der Waals surface area contributed by atoms with Crippen molar-refractivity contribution in [2.24, 2.45) is 5.10 Å². The molecule has 7 heteroatoms. The maximum Gasteiger partial charge on any atom is 0.304 e. The molecule has 130 valence electrons. The van der Waals surface area contributed by atoms with Gasteiger partial charge in [0.05, 0.1) is 17.4 Å². The third kappa shape index (κ3) is 3.13. The van der Waals surface area contributed by atoms with Gasteiger partial charge in [0.25, 0.3) is 0 Å². The van der Waals surface area contributed by atoms with Crippen LogP contribution in [0.1, 0.15) is 17.5 Å². The number of carbonyl (C=O) groups is 1. The van der Waals surface area contributed by atoms with Crippen LogP contribution in [0.4, 0.5) is 0 Å². The summed E-state index contributed by atoms with van der Waals surface area (Å²) in [4.78, 5) is 11.3. The van der Waals surface area contributed by atoms with Crippen LogP contribution in [0.15, 0.2) is 64.9 Å². The molecule has 2 aromatic carbocycles. The zero-order valence-electron chi connectivity index (χ0n) is 14.0. The van der Waals surface area contributed by atoms with E-state index in [9.17, 15) is 9.90 Å². The number of aryl methyl sites for hydroxylation is 1. The SMILES string of the molecule is Cc1ccc(-c2nnc3n2N=C(c2ccccc2)C(CC(=O)O)S3)cc1. The summed E-state index contributed by atoms with van der Waals surface area (Å²) in [6.07, 6.45) is -0.0227. The van der Waals surface area contributed by atoms with Crippen molar-refractivity contribution in [2.75, 3.05) is 0 Å². The number of hydrogen-bond donors (Lipinski definition) is 1. The van der Waals surface area contributed by atoms with E-state index in [2.05, 4.69) is 10.2 Å². The highest BCUT2D eigenvalue weighted by molar-refractivity contribution is 8.00. The van der Waals surface area contributed by atoms with Crippen molar-refractivity contribution in [1.29, 1.82) is 0 Å². The Morgan fingerprint density at radius 3 is 2.50 bits per heavy atom. The predicted octanol–water partition coefficient (Wildman–Crippen LogP) is 3.45. The first kappa shape index (κ1) is 16.5. The molecule has 0 bridgehead atoms. The van der Waals surface area contributed by atoms with Crippen molar-refractivity contribution in [3.8, 4) is 11.4 Å². The first-order chi connectivity index (χ1) is 12.6. The van der Waals surface area contributed by atoms with Crippen LogP contribution in [0.2, 0.25) is 0 Å². The average molecular weight is 364 g/mol. The monoisotopic (exact) mass is 364 g/mol. The topological polar surface area (TPSA) is 80.4 Å². The lowest BCUT2D eigenvalue weighted by Crippen LogP contribution is -2.27. The molecular formula is C19H16N4O2S. The molecule has 1 atom stereocenters. The van der Waals surface area contributed by atoms with Crippen molar-refractivity contribution in [1.82, 2.24) is 14.9 Å². The molecule has 0 saturated carbocycles. The molecular weight excluding hydrogens is 348 g/mol. The molecule has 1 N–H and O–H groups in total. The molecule has 1 aliphatic rings. The Morgan fingerprint density at radius 2 is 1.81 bits per heavy atom. The second-order valence-electron chi connectivity index (χ2n) is 6.04. The third-order valence-electron chi connectivity index (χ3n) is 4.11. The number of hydrogen-bond acceptors (Lipinski definition) is 5. The van der Waals surface area contributed by atoms with Crippen molar-refractivity contribution in [2.45, 2.75) is 23.8 Å². The number of thioether (sulfide) groups is 1. The summed E-state index contributed by atoms with van der Waals surface area (Å²) in [5.41, 5.74) is 3.71. The molecule has 4 rings (SSSR count). The number of aliphatic carboxylic acids is 1. The number of rotatable bonds is 4. The molecule has 3 aromatic rings. The van der Waals surface area contributed by atoms with Gasteiger partial charge in [0.2, 0.25) is 5.16 Å². The largest absolute Gasteiger partial charge is 0.481 e. The fourth-order valence-electron chi connectivity index (χ4n) is 2.82. The van der Waals surface area contributed by atoms with Crippen LogP contribution in [-0.2, 0) is 4.79 Å². The average Bonchev–Trinajstić information content (AvgIpc) is 3.05. The molecule has 1 aromatic heterocycles. The standard InChI is InChI=1S/C19H16N4O2S/c1-12-7-9-14(10-8-12)18-20-21-19-23(18)22-17(13-5-3-2-4-6-13)15(26-19)11-16(24)25/h2-10,15H,11H2,1H3,(H,24,25). The minimum atomic E-state index is -0.863. The lowest BCUT2D eigenvalue weighted by atomic mass is 10.1. The summed E-state index contributed by atoms with van der Waals surface area (Å²) in [7, 11) is 0. The third-order valence-corrected chi connectivity index (χ3v) is 5.25. The number of carboxylic acids is 1. The minimum Gasteiger partial charge on any atom is -0.481 e. The summed E-state index contributed by atoms with van der Waals surface area (Å²) in [6.45, 7) is 2.03. The second kappa shape index (κ2) is 6.76. The van der Waals surface area contributed by atoms with Gasteiger partial charge in [-0.05, 0) is 12.5 Å². The predicted molar refractivity (Wildman–Crippen MR) is 100 cm³/mol. The Bertz CT molecular complexity index is 981. The summed E-state index contributed by atoms with van der Waals surface area (Å²) in [5, 5.41) is 22.8. The Hall–Kier alpha value is -2.93. The van der Waals surface area contributed by atoms with E-state index in [1.54, 1.807) is 4.68 Å². The van der Waals surface area contributed by atoms with Crippen molar-refractivity contribution in [3.05, 3.63) is 65.7 Å². The first-order valence-electron chi connectivity index (χ1n) is 8.17. The van der Waals surface area contributed by atoms with Gasteiger partial charge in [-0.2, -0.15) is 9.78 Å². The highest BCUT2D eigenvalue weighted by atomic mass is 32.2. The zero-order chi connectivity index (χ0) is 18.1. The lowest BCUT2D eigenvalue weighted by Gasteiger charge is -2.22. The molecule has 0 radical (unpaired) electrons. The number of nitrogens with zero attached hydrogens (tertiary/aromatic N) is 4. The molecule has 6 nitrogen and oxygen atoms in total. The molecule has 0 amide bonds. The normalized spacial score (nSPS) is 16.0. The molecule has 0 fully saturated rings. The Kier molecular flexibility index (Phi) is 4.30. The van der Waals surface area contributed by atoms with Crippen LogP contribution in [0, 0.1) is 6.92 Å². The number of benzene rings is 2. The van der Waals surface area contributed by atoms with Crippen LogP contribution in [0.3, 0.4) is 0 Å². The van der Waals surface area contributed by atoms with E-state index in [1.165, 1.54) is 11.8 Å². The fourth-order valence-corrected chi connectivity index (χ4v) is 3.91. The molecule has 0 spiro atoms. The molecule has 2 heterocycles. The maximum absolute atomic E-state index is 11.3. The van der Waals surface area contributed by atoms with E-state index in [-0.39, 0.29) is 11.7 Å². The van der Waals surface area contributed by atoms with Gasteiger partial charge in [-0.1, -0.05) is 71.9 Å². The highest BCUT2D eigenvalue weighted by Crippen LogP contribution is 2.34. The molecule has 1 aliphatic heterocycles. The summed E-state index contributed by atoms with van der Waals surface area (Å²) < 4.78 is 1.70. The second-order valence-corrected chi connectivity index (χ2v) is 7.21. The van der Waals surface area contributed by atoms with Gasteiger partial charge in [0.1, 0.15) is 0 Å². The summed E-state index contributed by atoms with van der Waals surface area (Å²) in [6, 6.07) is 17.6. The van der Waals surface area contributed by atoms with E-state index in [1.807, 2.05) is 61.5 Å². The van der Waals surface area contributed by atoms with Crippen molar-refractivity contribution < 1.29 is 9.90 Å². The highest BCUT2D eigenvalue weighted by Gasteiger charge is 2.30. The quantitative estimate of drug-likeness (QED) is 0.767. The van der Waals surface area contributed by atoms with Gasteiger partial charge in [-0.25, -0.2) is 0 Å². The molecule has 0 aliphatic carbocycles. The number of fused-ring (bicyclic) bond motifs is 1. The van der Waals surface area contributed by atoms with Crippen LogP contribution in [0.5, 0.6) is 0 Å². The molecule has 0 saturated heterocycles. The van der Waals surface area contributed by atoms with Crippen molar-refractivity contribution in [3.63, 3.8) is 0 Å². The van der Waals surface area contributed by atoms with E-state index in [0.717, 1.165) is 22.4 Å². The van der Waals surface area contributed by atoms with E-state index < -0.39 is 5.97 Å². The smallest absolute Gasteiger partial charge is 0.304 e. The van der Waals surface area contributed by atoms with Crippen LogP contribution in [0.25, 0.3) is 11.4 Å². The van der Waals surface area contributed by atoms with Gasteiger partial charge in [-0.3, -0.25) is 4.79 Å². The van der Waals surface area contributed by atoms with Gasteiger partial charge in [0, 0.05) is 5.56 Å². The van der Waals surface area contributed by atoms with Crippen molar-refractivity contribution >= 4 is 23.4 Å². The Morgan fingerprint density at radius 1 is 1.08 bits per heavy atom. The van der Waals surface area contributed by atoms with E-state index in [0.29, 0.717) is 11.0 Å². The number of aromatic nitrogens is 3. The number of carboxylic acid groups (broad SMARTS) is 1. The van der Waals surface area contributed by atoms with Gasteiger partial charge in [-0.15, -0.1) is 10.2 Å². The molecule has 26 heavy (non-hydrogen) atoms. The van der Waals surface area contributed by atoms with Gasteiger partial charge >= 0.3 is 5.97 Å². The van der Waals surface area contributed by atoms with Crippen LogP contribution < -0.4 is 0 Å². The minimum absolute atomic E-state index is 0.0227.